The van der Waals surface area contributed by atoms with E-state index in [1.165, 1.54) is 12.0 Å². The second-order valence-electron chi connectivity index (χ2n) is 7.75. The van der Waals surface area contributed by atoms with Gasteiger partial charge in [-0.15, -0.1) is 0 Å². The number of aryl methyl sites for hydroxylation is 2. The fraction of sp³-hybridized carbons (Fsp3) is 0.458. The van der Waals surface area contributed by atoms with Gasteiger partial charge in [0.15, 0.2) is 5.72 Å². The molecule has 28 heavy (non-hydrogen) atoms. The summed E-state index contributed by atoms with van der Waals surface area (Å²) in [6, 6.07) is 16.4. The zero-order chi connectivity index (χ0) is 19.8. The van der Waals surface area contributed by atoms with E-state index in [1.54, 1.807) is 6.92 Å². The fourth-order valence-corrected chi connectivity index (χ4v) is 3.55. The first-order valence-corrected chi connectivity index (χ1v) is 10.4. The number of nitrogens with one attached hydrogen (secondary N) is 1. The molecule has 3 rings (SSSR count). The molecule has 1 atom stereocenters. The Bertz CT molecular complexity index is 784. The van der Waals surface area contributed by atoms with Crippen LogP contribution in [0.5, 0.6) is 5.75 Å². The summed E-state index contributed by atoms with van der Waals surface area (Å²) in [5.74, 6) is 1.78. The minimum atomic E-state index is -1.14. The van der Waals surface area contributed by atoms with Gasteiger partial charge in [0.1, 0.15) is 5.75 Å². The van der Waals surface area contributed by atoms with E-state index in [0.29, 0.717) is 6.61 Å². The molecule has 0 saturated heterocycles. The lowest BCUT2D eigenvalue weighted by Crippen LogP contribution is -2.43. The molecule has 1 aliphatic heterocycles. The number of amidine groups is 1. The minimum absolute atomic E-state index is 0.681. The summed E-state index contributed by atoms with van der Waals surface area (Å²) < 4.78 is 5.97. The van der Waals surface area contributed by atoms with Crippen LogP contribution in [0.1, 0.15) is 55.7 Å². The Morgan fingerprint density at radius 2 is 1.93 bits per heavy atom. The first-order chi connectivity index (χ1) is 13.5. The summed E-state index contributed by atoms with van der Waals surface area (Å²) in [6.45, 7) is 5.33. The van der Waals surface area contributed by atoms with Crippen LogP contribution in [0.4, 0.5) is 0 Å². The molecular formula is C24H32N2O2. The van der Waals surface area contributed by atoms with E-state index < -0.39 is 5.72 Å². The first kappa shape index (κ1) is 20.4. The number of aliphatic imine (C=N–C) groups is 1. The van der Waals surface area contributed by atoms with Crippen molar-refractivity contribution in [2.24, 2.45) is 4.99 Å². The predicted molar refractivity (Wildman–Crippen MR) is 115 cm³/mol. The van der Waals surface area contributed by atoms with Crippen molar-refractivity contribution >= 4 is 5.84 Å². The largest absolute Gasteiger partial charge is 0.493 e. The van der Waals surface area contributed by atoms with Gasteiger partial charge >= 0.3 is 0 Å². The molecule has 0 fully saturated rings. The van der Waals surface area contributed by atoms with Crippen LogP contribution in [-0.2, 0) is 12.1 Å². The van der Waals surface area contributed by atoms with Crippen LogP contribution >= 0.6 is 0 Å². The van der Waals surface area contributed by atoms with E-state index in [9.17, 15) is 5.11 Å². The number of nitrogens with zero attached hydrogens (tertiary/aromatic N) is 1. The average molecular weight is 381 g/mol. The molecule has 0 aliphatic carbocycles. The maximum Gasteiger partial charge on any atom is 0.159 e. The van der Waals surface area contributed by atoms with Crippen molar-refractivity contribution in [2.75, 3.05) is 13.2 Å². The van der Waals surface area contributed by atoms with Gasteiger partial charge in [-0.25, -0.2) is 0 Å². The van der Waals surface area contributed by atoms with Crippen molar-refractivity contribution in [3.05, 3.63) is 65.2 Å². The van der Waals surface area contributed by atoms with Crippen molar-refractivity contribution in [2.45, 2.75) is 58.1 Å². The van der Waals surface area contributed by atoms with Crippen molar-refractivity contribution < 1.29 is 9.84 Å². The molecule has 0 spiro atoms. The lowest BCUT2D eigenvalue weighted by molar-refractivity contribution is 0.0403. The lowest BCUT2D eigenvalue weighted by Gasteiger charge is -2.28. The Hall–Kier alpha value is -2.33. The molecule has 0 aromatic heterocycles. The van der Waals surface area contributed by atoms with Crippen molar-refractivity contribution in [3.63, 3.8) is 0 Å². The van der Waals surface area contributed by atoms with Gasteiger partial charge in [0.2, 0.25) is 0 Å². The molecule has 2 aromatic rings. The lowest BCUT2D eigenvalue weighted by atomic mass is 10.0. The number of hydrogen-bond acceptors (Lipinski definition) is 4. The summed E-state index contributed by atoms with van der Waals surface area (Å²) in [6.07, 6.45) is 6.34. The second-order valence-corrected chi connectivity index (χ2v) is 7.75. The van der Waals surface area contributed by atoms with Crippen LogP contribution in [0.15, 0.2) is 53.5 Å². The molecule has 2 N–H and O–H groups in total. The first-order valence-electron chi connectivity index (χ1n) is 10.4. The van der Waals surface area contributed by atoms with Gasteiger partial charge in [-0.2, -0.15) is 0 Å². The normalized spacial score (nSPS) is 16.6. The summed E-state index contributed by atoms with van der Waals surface area (Å²) in [7, 11) is 0. The van der Waals surface area contributed by atoms with Crippen LogP contribution in [0.25, 0.3) is 0 Å². The third-order valence-corrected chi connectivity index (χ3v) is 5.21. The van der Waals surface area contributed by atoms with Gasteiger partial charge in [-0.1, -0.05) is 42.8 Å². The topological polar surface area (TPSA) is 53.8 Å². The van der Waals surface area contributed by atoms with Crippen LogP contribution < -0.4 is 10.1 Å². The molecule has 2 aromatic carbocycles. The van der Waals surface area contributed by atoms with Gasteiger partial charge < -0.3 is 15.2 Å². The Kier molecular flexibility index (Phi) is 7.10. The number of benzene rings is 2. The number of ether oxygens (including phenoxy) is 1. The molecule has 0 amide bonds. The monoisotopic (exact) mass is 380 g/mol. The molecule has 150 valence electrons. The summed E-state index contributed by atoms with van der Waals surface area (Å²) in [4.78, 5) is 4.57. The van der Waals surface area contributed by atoms with Gasteiger partial charge in [-0.05, 0) is 62.8 Å². The number of hydrogen-bond donors (Lipinski definition) is 2. The maximum absolute atomic E-state index is 11.0. The van der Waals surface area contributed by atoms with E-state index in [-0.39, 0.29) is 0 Å². The Morgan fingerprint density at radius 1 is 1.11 bits per heavy atom. The Labute approximate surface area is 168 Å². The van der Waals surface area contributed by atoms with Gasteiger partial charge in [0.25, 0.3) is 0 Å². The molecular weight excluding hydrogens is 348 g/mol. The number of aliphatic hydroxyl groups is 1. The van der Waals surface area contributed by atoms with Gasteiger partial charge in [-0.3, -0.25) is 4.99 Å². The van der Waals surface area contributed by atoms with E-state index in [4.69, 9.17) is 4.74 Å². The highest BCUT2D eigenvalue weighted by molar-refractivity contribution is 5.83. The molecule has 1 unspecified atom stereocenters. The summed E-state index contributed by atoms with van der Waals surface area (Å²) in [5, 5.41) is 14.2. The molecule has 1 aliphatic rings. The Balaban J connectivity index is 1.55. The minimum Gasteiger partial charge on any atom is -0.493 e. The van der Waals surface area contributed by atoms with Crippen LogP contribution in [0, 0.1) is 6.92 Å². The highest BCUT2D eigenvalue weighted by atomic mass is 16.5. The van der Waals surface area contributed by atoms with Crippen LogP contribution in [-0.4, -0.2) is 24.1 Å². The van der Waals surface area contributed by atoms with E-state index in [2.05, 4.69) is 34.6 Å². The highest BCUT2D eigenvalue weighted by Crippen LogP contribution is 2.26. The van der Waals surface area contributed by atoms with E-state index in [0.717, 1.165) is 61.4 Å². The van der Waals surface area contributed by atoms with Crippen molar-refractivity contribution in [1.29, 1.82) is 0 Å². The standard InChI is InChI=1S/C24H32N2O2/c1-19-18-21(24(2,27)26-23-13-7-4-8-16-25-23)14-15-22(19)28-17-9-12-20-10-5-3-6-11-20/h3,5-6,10-11,14-15,18,27H,4,7-9,12-13,16-17H2,1-2H3,(H,25,26). The fourth-order valence-electron chi connectivity index (χ4n) is 3.55. The SMILES string of the molecule is Cc1cc(C(C)(O)NC2=NCCCCC2)ccc1OCCCc1ccccc1. The summed E-state index contributed by atoms with van der Waals surface area (Å²) >= 11 is 0. The van der Waals surface area contributed by atoms with Crippen LogP contribution in [0.3, 0.4) is 0 Å². The molecule has 0 saturated carbocycles. The average Bonchev–Trinajstić information content (AvgIpc) is 2.95. The maximum atomic E-state index is 11.0. The third kappa shape index (κ3) is 5.83. The smallest absolute Gasteiger partial charge is 0.159 e. The summed E-state index contributed by atoms with van der Waals surface area (Å²) in [5.41, 5.74) is 2.05. The molecule has 0 radical (unpaired) electrons. The highest BCUT2D eigenvalue weighted by Gasteiger charge is 2.25. The molecule has 0 bridgehead atoms. The van der Waals surface area contributed by atoms with E-state index >= 15 is 0 Å². The molecule has 4 heteroatoms. The quantitative estimate of drug-likeness (QED) is 0.539. The molecule has 1 heterocycles. The predicted octanol–water partition coefficient (Wildman–Crippen LogP) is 4.73. The Morgan fingerprint density at radius 3 is 2.71 bits per heavy atom. The molecule has 4 nitrogen and oxygen atoms in total. The third-order valence-electron chi connectivity index (χ3n) is 5.21. The van der Waals surface area contributed by atoms with E-state index in [1.807, 2.05) is 31.2 Å². The van der Waals surface area contributed by atoms with Crippen LogP contribution in [0.2, 0.25) is 0 Å². The second kappa shape index (κ2) is 9.74. The van der Waals surface area contributed by atoms with Gasteiger partial charge in [0.05, 0.1) is 12.4 Å². The van der Waals surface area contributed by atoms with Gasteiger partial charge in [0, 0.05) is 18.5 Å². The van der Waals surface area contributed by atoms with Crippen molar-refractivity contribution in [1.82, 2.24) is 5.32 Å². The van der Waals surface area contributed by atoms with Crippen molar-refractivity contribution in [3.8, 4) is 5.75 Å². The zero-order valence-corrected chi connectivity index (χ0v) is 17.1. The number of rotatable bonds is 7. The zero-order valence-electron chi connectivity index (χ0n) is 17.1.